The molecule has 2 aliphatic rings. The van der Waals surface area contributed by atoms with E-state index in [1.165, 1.54) is 16.7 Å². The summed E-state index contributed by atoms with van der Waals surface area (Å²) in [6.07, 6.45) is 1.83. The van der Waals surface area contributed by atoms with E-state index in [1.807, 2.05) is 60.7 Å². The number of ether oxygens (including phenoxy) is 1. The molecule has 0 N–H and O–H groups in total. The first-order chi connectivity index (χ1) is 14.6. The van der Waals surface area contributed by atoms with Gasteiger partial charge in [0.1, 0.15) is 5.75 Å². The highest BCUT2D eigenvalue weighted by Crippen LogP contribution is 2.42. The Hall–Kier alpha value is -3.22. The first-order valence-electron chi connectivity index (χ1n) is 9.27. The molecular weight excluding hydrogens is 414 g/mol. The van der Waals surface area contributed by atoms with Crippen LogP contribution >= 0.6 is 24.0 Å². The molecule has 0 radical (unpaired) electrons. The second-order valence-corrected chi connectivity index (χ2v) is 8.54. The Morgan fingerprint density at radius 2 is 1.60 bits per heavy atom. The molecule has 1 saturated heterocycles. The maximum absolute atomic E-state index is 13.1. The van der Waals surface area contributed by atoms with Gasteiger partial charge in [0.2, 0.25) is 0 Å². The van der Waals surface area contributed by atoms with Crippen molar-refractivity contribution in [3.63, 3.8) is 0 Å². The molecule has 1 aliphatic carbocycles. The Bertz CT molecular complexity index is 1260. The largest absolute Gasteiger partial charge is 0.497 e. The third-order valence-electron chi connectivity index (χ3n) is 5.19. The zero-order valence-corrected chi connectivity index (χ0v) is 17.5. The van der Waals surface area contributed by atoms with Gasteiger partial charge >= 0.3 is 0 Å². The molecule has 1 fully saturated rings. The summed E-state index contributed by atoms with van der Waals surface area (Å²) in [5.74, 6) is 0.551. The third-order valence-corrected chi connectivity index (χ3v) is 6.50. The smallest absolute Gasteiger partial charge is 0.270 e. The monoisotopic (exact) mass is 429 g/mol. The van der Waals surface area contributed by atoms with Crippen LogP contribution in [0.3, 0.4) is 0 Å². The average molecular weight is 430 g/mol. The fourth-order valence-corrected chi connectivity index (χ4v) is 5.08. The molecule has 3 aromatic carbocycles. The van der Waals surface area contributed by atoms with E-state index in [4.69, 9.17) is 17.0 Å². The van der Waals surface area contributed by atoms with Crippen molar-refractivity contribution in [1.82, 2.24) is 0 Å². The SMILES string of the molecule is COc1ccc(N2C(=O)/C(=C/c3cccc4c3-c3ccccc3C4=O)SC2=S)cc1. The fraction of sp³-hybridized carbons (Fsp3) is 0.0417. The van der Waals surface area contributed by atoms with E-state index in [2.05, 4.69) is 0 Å². The van der Waals surface area contributed by atoms with Crippen molar-refractivity contribution < 1.29 is 14.3 Å². The number of benzene rings is 3. The van der Waals surface area contributed by atoms with E-state index in [1.54, 1.807) is 19.2 Å². The number of amides is 1. The van der Waals surface area contributed by atoms with Crippen LogP contribution in [0.2, 0.25) is 0 Å². The number of rotatable bonds is 3. The van der Waals surface area contributed by atoms with E-state index >= 15 is 0 Å². The Morgan fingerprint density at radius 3 is 2.33 bits per heavy atom. The maximum Gasteiger partial charge on any atom is 0.270 e. The van der Waals surface area contributed by atoms with E-state index in [9.17, 15) is 9.59 Å². The number of carbonyl (C=O) groups excluding carboxylic acids is 2. The highest BCUT2D eigenvalue weighted by molar-refractivity contribution is 8.27. The molecule has 0 saturated carbocycles. The summed E-state index contributed by atoms with van der Waals surface area (Å²) in [4.78, 5) is 27.9. The Balaban J connectivity index is 1.56. The van der Waals surface area contributed by atoms with Gasteiger partial charge in [0, 0.05) is 16.7 Å². The molecule has 3 aromatic rings. The molecule has 4 nitrogen and oxygen atoms in total. The van der Waals surface area contributed by atoms with E-state index in [-0.39, 0.29) is 11.7 Å². The van der Waals surface area contributed by atoms with Crippen LogP contribution in [0.25, 0.3) is 17.2 Å². The van der Waals surface area contributed by atoms with Gasteiger partial charge < -0.3 is 4.74 Å². The van der Waals surface area contributed by atoms with Crippen LogP contribution in [0.15, 0.2) is 71.6 Å². The highest BCUT2D eigenvalue weighted by Gasteiger charge is 2.34. The van der Waals surface area contributed by atoms with Gasteiger partial charge in [-0.2, -0.15) is 0 Å². The lowest BCUT2D eigenvalue weighted by atomic mass is 9.99. The van der Waals surface area contributed by atoms with Gasteiger partial charge in [0.05, 0.1) is 17.7 Å². The number of ketones is 1. The third kappa shape index (κ3) is 2.88. The molecule has 1 heterocycles. The number of carbonyl (C=O) groups is 2. The summed E-state index contributed by atoms with van der Waals surface area (Å²) in [7, 11) is 1.60. The number of thioether (sulfide) groups is 1. The van der Waals surface area contributed by atoms with Gasteiger partial charge in [0.25, 0.3) is 5.91 Å². The zero-order valence-electron chi connectivity index (χ0n) is 15.9. The molecule has 0 atom stereocenters. The minimum Gasteiger partial charge on any atom is -0.497 e. The molecule has 6 heteroatoms. The molecule has 5 rings (SSSR count). The van der Waals surface area contributed by atoms with Gasteiger partial charge in [-0.15, -0.1) is 0 Å². The van der Waals surface area contributed by atoms with E-state index in [0.717, 1.165) is 16.7 Å². The van der Waals surface area contributed by atoms with Gasteiger partial charge in [-0.25, -0.2) is 0 Å². The van der Waals surface area contributed by atoms with Crippen molar-refractivity contribution in [2.75, 3.05) is 12.0 Å². The van der Waals surface area contributed by atoms with Gasteiger partial charge in [-0.1, -0.05) is 66.4 Å². The topological polar surface area (TPSA) is 46.6 Å². The maximum atomic E-state index is 13.1. The Morgan fingerprint density at radius 1 is 0.900 bits per heavy atom. The lowest BCUT2D eigenvalue weighted by Crippen LogP contribution is -2.27. The number of thiocarbonyl (C=S) groups is 1. The first kappa shape index (κ1) is 18.8. The van der Waals surface area contributed by atoms with E-state index in [0.29, 0.717) is 31.8 Å². The fourth-order valence-electron chi connectivity index (χ4n) is 3.79. The minimum absolute atomic E-state index is 0.0154. The van der Waals surface area contributed by atoms with Crippen LogP contribution in [0.5, 0.6) is 5.75 Å². The summed E-state index contributed by atoms with van der Waals surface area (Å²) in [6.45, 7) is 0. The molecule has 0 spiro atoms. The molecule has 0 aromatic heterocycles. The molecule has 0 bridgehead atoms. The number of hydrogen-bond donors (Lipinski definition) is 0. The number of fused-ring (bicyclic) bond motifs is 3. The molecular formula is C24H15NO3S2. The van der Waals surface area contributed by atoms with Crippen molar-refractivity contribution in [3.05, 3.63) is 88.3 Å². The number of hydrogen-bond acceptors (Lipinski definition) is 5. The van der Waals surface area contributed by atoms with Crippen LogP contribution in [-0.2, 0) is 4.79 Å². The molecule has 1 aliphatic heterocycles. The van der Waals surface area contributed by atoms with Gasteiger partial charge in [-0.3, -0.25) is 14.5 Å². The van der Waals surface area contributed by atoms with Crippen LogP contribution in [0.4, 0.5) is 5.69 Å². The predicted molar refractivity (Wildman–Crippen MR) is 124 cm³/mol. The highest BCUT2D eigenvalue weighted by atomic mass is 32.2. The van der Waals surface area contributed by atoms with Crippen molar-refractivity contribution in [2.24, 2.45) is 0 Å². The summed E-state index contributed by atoms with van der Waals surface area (Å²) < 4.78 is 5.66. The predicted octanol–water partition coefficient (Wildman–Crippen LogP) is 5.31. The number of methoxy groups -OCH3 is 1. The van der Waals surface area contributed by atoms with Crippen LogP contribution in [0, 0.1) is 0 Å². The van der Waals surface area contributed by atoms with Crippen LogP contribution < -0.4 is 9.64 Å². The lowest BCUT2D eigenvalue weighted by molar-refractivity contribution is -0.113. The van der Waals surface area contributed by atoms with Crippen LogP contribution in [-0.4, -0.2) is 23.1 Å². The second kappa shape index (κ2) is 7.23. The standard InChI is InChI=1S/C24H15NO3S2/c1-28-16-11-9-15(10-12-16)25-23(27)20(30-24(25)29)13-14-5-4-8-19-21(14)17-6-2-3-7-18(17)22(19)26/h2-13H,1H3/b20-13-. The van der Waals surface area contributed by atoms with Crippen molar-refractivity contribution >= 4 is 51.8 Å². The number of anilines is 1. The van der Waals surface area contributed by atoms with Gasteiger partial charge in [0.15, 0.2) is 10.1 Å². The summed E-state index contributed by atoms with van der Waals surface area (Å²) in [6, 6.07) is 20.4. The molecule has 30 heavy (non-hydrogen) atoms. The van der Waals surface area contributed by atoms with E-state index < -0.39 is 0 Å². The lowest BCUT2D eigenvalue weighted by Gasteiger charge is -2.14. The quantitative estimate of drug-likeness (QED) is 0.326. The number of nitrogens with zero attached hydrogens (tertiary/aromatic N) is 1. The summed E-state index contributed by atoms with van der Waals surface area (Å²) in [5, 5.41) is 0. The Kier molecular flexibility index (Phi) is 4.53. The minimum atomic E-state index is -0.176. The van der Waals surface area contributed by atoms with Crippen molar-refractivity contribution in [1.29, 1.82) is 0 Å². The first-order valence-corrected chi connectivity index (χ1v) is 10.5. The van der Waals surface area contributed by atoms with Crippen molar-refractivity contribution in [3.8, 4) is 16.9 Å². The Labute approximate surface area is 183 Å². The van der Waals surface area contributed by atoms with Crippen molar-refractivity contribution in [2.45, 2.75) is 0 Å². The average Bonchev–Trinajstić information content (AvgIpc) is 3.22. The summed E-state index contributed by atoms with van der Waals surface area (Å²) >= 11 is 6.74. The van der Waals surface area contributed by atoms with Gasteiger partial charge in [-0.05, 0) is 41.5 Å². The second-order valence-electron chi connectivity index (χ2n) is 6.86. The summed E-state index contributed by atoms with van der Waals surface area (Å²) in [5.41, 5.74) is 4.65. The normalized spacial score (nSPS) is 16.2. The van der Waals surface area contributed by atoms with Crippen LogP contribution in [0.1, 0.15) is 21.5 Å². The molecule has 146 valence electrons. The zero-order chi connectivity index (χ0) is 20.8. The molecule has 0 unspecified atom stereocenters. The molecule has 1 amide bonds.